The second-order valence-corrected chi connectivity index (χ2v) is 8.13. The van der Waals surface area contributed by atoms with Crippen LogP contribution in [0.2, 0.25) is 0 Å². The maximum Gasteiger partial charge on any atom is 0.316 e. The number of nitrogens with zero attached hydrogens (tertiary/aromatic N) is 2. The number of hydrogen-bond donors (Lipinski definition) is 0. The van der Waals surface area contributed by atoms with Gasteiger partial charge in [0, 0.05) is 11.5 Å². The average molecular weight is 383 g/mol. The molecule has 1 fully saturated rings. The van der Waals surface area contributed by atoms with E-state index in [-0.39, 0.29) is 23.4 Å². The molecule has 3 heterocycles. The van der Waals surface area contributed by atoms with Crippen molar-refractivity contribution in [1.82, 2.24) is 9.55 Å². The molecule has 0 bridgehead atoms. The van der Waals surface area contributed by atoms with Gasteiger partial charge in [-0.15, -0.1) is 11.3 Å². The largest absolute Gasteiger partial charge is 0.468 e. The molecule has 0 aliphatic carbocycles. The predicted molar refractivity (Wildman–Crippen MR) is 99.7 cm³/mol. The molecule has 1 saturated heterocycles. The number of aryl methyl sites for hydroxylation is 2. The van der Waals surface area contributed by atoms with Crippen LogP contribution in [0.25, 0.3) is 10.2 Å². The Morgan fingerprint density at radius 2 is 2.32 bits per heavy atom. The molecule has 6 nitrogen and oxygen atoms in total. The number of thioether (sulfide) groups is 1. The Kier molecular flexibility index (Phi) is 5.81. The Balaban J connectivity index is 2.07. The van der Waals surface area contributed by atoms with E-state index in [9.17, 15) is 9.59 Å². The number of rotatable bonds is 6. The van der Waals surface area contributed by atoms with E-state index in [1.54, 1.807) is 4.57 Å². The second kappa shape index (κ2) is 7.88. The Morgan fingerprint density at radius 1 is 1.52 bits per heavy atom. The van der Waals surface area contributed by atoms with Crippen molar-refractivity contribution in [2.75, 3.05) is 19.5 Å². The summed E-state index contributed by atoms with van der Waals surface area (Å²) in [6.07, 6.45) is 2.78. The summed E-state index contributed by atoms with van der Waals surface area (Å²) < 4.78 is 12.1. The molecular weight excluding hydrogens is 360 g/mol. The molecule has 0 N–H and O–H groups in total. The van der Waals surface area contributed by atoms with Crippen molar-refractivity contribution in [1.29, 1.82) is 0 Å². The smallest absolute Gasteiger partial charge is 0.316 e. The quantitative estimate of drug-likeness (QED) is 0.435. The van der Waals surface area contributed by atoms with Gasteiger partial charge in [-0.1, -0.05) is 18.7 Å². The van der Waals surface area contributed by atoms with Gasteiger partial charge in [0.2, 0.25) is 0 Å². The molecule has 0 radical (unpaired) electrons. The molecule has 2 aromatic rings. The summed E-state index contributed by atoms with van der Waals surface area (Å²) in [5.41, 5.74) is 1.04. The third-order valence-electron chi connectivity index (χ3n) is 4.39. The van der Waals surface area contributed by atoms with Crippen LogP contribution < -0.4 is 5.56 Å². The van der Waals surface area contributed by atoms with Crippen LogP contribution in [0, 0.1) is 6.92 Å². The normalized spacial score (nSPS) is 17.3. The number of carbonyl (C=O) groups is 1. The number of ether oxygens (including phenoxy) is 2. The maximum atomic E-state index is 13.2. The molecule has 8 heteroatoms. The summed E-state index contributed by atoms with van der Waals surface area (Å²) in [5.74, 6) is -0.204. The fourth-order valence-electron chi connectivity index (χ4n) is 3.10. The molecule has 1 aliphatic rings. The van der Waals surface area contributed by atoms with Crippen molar-refractivity contribution in [2.45, 2.75) is 50.9 Å². The molecule has 0 spiro atoms. The molecule has 3 rings (SSSR count). The lowest BCUT2D eigenvalue weighted by Crippen LogP contribution is -2.29. The maximum absolute atomic E-state index is 13.2. The molecule has 0 aromatic carbocycles. The summed E-state index contributed by atoms with van der Waals surface area (Å²) in [6.45, 7) is 5.29. The summed E-state index contributed by atoms with van der Waals surface area (Å²) in [5, 5.41) is 1.27. The van der Waals surface area contributed by atoms with Crippen molar-refractivity contribution >= 4 is 39.3 Å². The first-order valence-corrected chi connectivity index (χ1v) is 10.2. The van der Waals surface area contributed by atoms with Crippen LogP contribution in [0.15, 0.2) is 9.95 Å². The first-order chi connectivity index (χ1) is 12.0. The van der Waals surface area contributed by atoms with Crippen molar-refractivity contribution < 1.29 is 14.3 Å². The Labute approximate surface area is 154 Å². The van der Waals surface area contributed by atoms with E-state index in [0.29, 0.717) is 17.1 Å². The van der Waals surface area contributed by atoms with Crippen molar-refractivity contribution in [3.8, 4) is 0 Å². The van der Waals surface area contributed by atoms with Crippen LogP contribution in [0.4, 0.5) is 0 Å². The van der Waals surface area contributed by atoms with Crippen LogP contribution in [-0.4, -0.2) is 41.1 Å². The molecule has 25 heavy (non-hydrogen) atoms. The lowest BCUT2D eigenvalue weighted by Gasteiger charge is -2.15. The molecule has 136 valence electrons. The minimum Gasteiger partial charge on any atom is -0.468 e. The van der Waals surface area contributed by atoms with Crippen LogP contribution in [0.5, 0.6) is 0 Å². The van der Waals surface area contributed by atoms with Gasteiger partial charge in [-0.05, 0) is 31.7 Å². The highest BCUT2D eigenvalue weighted by Gasteiger charge is 2.23. The van der Waals surface area contributed by atoms with Gasteiger partial charge in [-0.25, -0.2) is 4.98 Å². The summed E-state index contributed by atoms with van der Waals surface area (Å²) >= 11 is 2.78. The van der Waals surface area contributed by atoms with Gasteiger partial charge in [0.15, 0.2) is 5.16 Å². The minimum atomic E-state index is -0.334. The number of hydrogen-bond acceptors (Lipinski definition) is 7. The highest BCUT2D eigenvalue weighted by Crippen LogP contribution is 2.30. The average Bonchev–Trinajstić information content (AvgIpc) is 3.22. The van der Waals surface area contributed by atoms with Gasteiger partial charge in [0.1, 0.15) is 4.83 Å². The second-order valence-electron chi connectivity index (χ2n) is 5.98. The predicted octanol–water partition coefficient (Wildman–Crippen LogP) is 2.77. The zero-order valence-corrected chi connectivity index (χ0v) is 16.3. The Bertz CT molecular complexity index is 837. The van der Waals surface area contributed by atoms with Gasteiger partial charge in [0.25, 0.3) is 5.56 Å². The molecule has 1 aliphatic heterocycles. The van der Waals surface area contributed by atoms with Gasteiger partial charge in [0.05, 0.1) is 30.9 Å². The van der Waals surface area contributed by atoms with Crippen LogP contribution >= 0.6 is 23.1 Å². The van der Waals surface area contributed by atoms with E-state index < -0.39 is 0 Å². The number of methoxy groups -OCH3 is 1. The van der Waals surface area contributed by atoms with E-state index >= 15 is 0 Å². The van der Waals surface area contributed by atoms with Crippen molar-refractivity contribution in [3.05, 3.63) is 20.8 Å². The van der Waals surface area contributed by atoms with Crippen LogP contribution in [0.3, 0.4) is 0 Å². The highest BCUT2D eigenvalue weighted by atomic mass is 32.2. The van der Waals surface area contributed by atoms with Crippen LogP contribution in [0.1, 0.15) is 30.2 Å². The third-order valence-corrected chi connectivity index (χ3v) is 6.38. The number of esters is 1. The first kappa shape index (κ1) is 18.4. The molecular formula is C17H22N2O4S2. The van der Waals surface area contributed by atoms with Crippen molar-refractivity contribution in [3.63, 3.8) is 0 Å². The van der Waals surface area contributed by atoms with Crippen LogP contribution in [-0.2, 0) is 27.2 Å². The number of thiophene rings is 1. The monoisotopic (exact) mass is 382 g/mol. The van der Waals surface area contributed by atoms with Gasteiger partial charge in [-0.3, -0.25) is 14.2 Å². The topological polar surface area (TPSA) is 70.4 Å². The Hall–Kier alpha value is -1.38. The Morgan fingerprint density at radius 3 is 2.96 bits per heavy atom. The zero-order valence-electron chi connectivity index (χ0n) is 14.7. The minimum absolute atomic E-state index is 0.0271. The lowest BCUT2D eigenvalue weighted by molar-refractivity contribution is -0.137. The molecule has 0 amide bonds. The van der Waals surface area contributed by atoms with E-state index in [2.05, 4.69) is 6.92 Å². The SMILES string of the molecule is CCc1c(C)sc2nc(SCC(=O)OC)n(C[C@@H]3CCCO3)c(=O)c12. The van der Waals surface area contributed by atoms with Gasteiger partial charge in [-0.2, -0.15) is 0 Å². The molecule has 0 saturated carbocycles. The number of carbonyl (C=O) groups excluding carboxylic acids is 1. The number of fused-ring (bicyclic) bond motifs is 1. The van der Waals surface area contributed by atoms with Gasteiger partial charge >= 0.3 is 5.97 Å². The first-order valence-electron chi connectivity index (χ1n) is 8.39. The lowest BCUT2D eigenvalue weighted by atomic mass is 10.1. The molecule has 0 unspecified atom stereocenters. The number of aromatic nitrogens is 2. The standard InChI is InChI=1S/C17H22N2O4S2/c1-4-12-10(2)25-15-14(12)16(21)19(8-11-6-5-7-23-11)17(18-15)24-9-13(20)22-3/h11H,4-9H2,1-3H3/t11-/m0/s1. The third kappa shape index (κ3) is 3.75. The van der Waals surface area contributed by atoms with E-state index in [1.165, 1.54) is 30.2 Å². The molecule has 2 aromatic heterocycles. The molecule has 1 atom stereocenters. The fourth-order valence-corrected chi connectivity index (χ4v) is 5.10. The van der Waals surface area contributed by atoms with E-state index in [1.807, 2.05) is 6.92 Å². The summed E-state index contributed by atoms with van der Waals surface area (Å²) in [6, 6.07) is 0. The van der Waals surface area contributed by atoms with Crippen molar-refractivity contribution in [2.24, 2.45) is 0 Å². The van der Waals surface area contributed by atoms with E-state index in [4.69, 9.17) is 14.5 Å². The summed E-state index contributed by atoms with van der Waals surface area (Å²) in [7, 11) is 1.36. The highest BCUT2D eigenvalue weighted by molar-refractivity contribution is 7.99. The fraction of sp³-hybridized carbons (Fsp3) is 0.588. The zero-order chi connectivity index (χ0) is 18.0. The van der Waals surface area contributed by atoms with Gasteiger partial charge < -0.3 is 9.47 Å². The summed E-state index contributed by atoms with van der Waals surface area (Å²) in [4.78, 5) is 31.3. The van der Waals surface area contributed by atoms with E-state index in [0.717, 1.165) is 41.1 Å².